The van der Waals surface area contributed by atoms with Gasteiger partial charge in [-0.1, -0.05) is 12.7 Å². The predicted octanol–water partition coefficient (Wildman–Crippen LogP) is 2.88. The van der Waals surface area contributed by atoms with E-state index in [4.69, 9.17) is 19.3 Å². The van der Waals surface area contributed by atoms with Crippen LogP contribution < -0.4 is 0 Å². The molecular weight excluding hydrogens is 396 g/mol. The molecule has 0 spiro atoms. The maximum absolute atomic E-state index is 12.0. The first-order valence-electron chi connectivity index (χ1n) is 10.0. The fourth-order valence-electron chi connectivity index (χ4n) is 3.91. The molecule has 7 nitrogen and oxygen atoms in total. The Morgan fingerprint density at radius 2 is 2.14 bits per heavy atom. The summed E-state index contributed by atoms with van der Waals surface area (Å²) in [6.07, 6.45) is 5.18. The van der Waals surface area contributed by atoms with Crippen LogP contribution in [0.4, 0.5) is 0 Å². The lowest BCUT2D eigenvalue weighted by molar-refractivity contribution is -0.142. The summed E-state index contributed by atoms with van der Waals surface area (Å²) in [5.41, 5.74) is 1.25. The molecule has 0 aromatic carbocycles. The third kappa shape index (κ3) is 5.63. The average Bonchev–Trinajstić information content (AvgIpc) is 3.25. The second-order valence-corrected chi connectivity index (χ2v) is 9.18. The van der Waals surface area contributed by atoms with Crippen molar-refractivity contribution in [3.63, 3.8) is 0 Å². The second kappa shape index (κ2) is 9.34. The molecule has 2 saturated heterocycles. The van der Waals surface area contributed by atoms with Gasteiger partial charge < -0.3 is 19.3 Å². The Morgan fingerprint density at radius 1 is 1.38 bits per heavy atom. The molecule has 160 valence electrons. The third-order valence-corrected chi connectivity index (χ3v) is 6.75. The van der Waals surface area contributed by atoms with Gasteiger partial charge in [0.15, 0.2) is 0 Å². The number of ether oxygens (including phenoxy) is 3. The monoisotopic (exact) mass is 424 g/mol. The van der Waals surface area contributed by atoms with Crippen LogP contribution in [0.25, 0.3) is 0 Å². The number of carboxylic acids is 1. The van der Waals surface area contributed by atoms with Crippen LogP contribution in [-0.4, -0.2) is 58.9 Å². The average molecular weight is 425 g/mol. The topological polar surface area (TPSA) is 102 Å². The minimum Gasteiger partial charge on any atom is -0.481 e. The molecule has 29 heavy (non-hydrogen) atoms. The first-order valence-corrected chi connectivity index (χ1v) is 11.2. The van der Waals surface area contributed by atoms with E-state index in [2.05, 4.69) is 12.7 Å². The van der Waals surface area contributed by atoms with Crippen molar-refractivity contribution in [2.24, 2.45) is 5.92 Å². The number of carbonyl (C=O) groups is 3. The summed E-state index contributed by atoms with van der Waals surface area (Å²) in [7, 11) is 0. The highest BCUT2D eigenvalue weighted by atomic mass is 32.2. The lowest BCUT2D eigenvalue weighted by Crippen LogP contribution is -2.29. The number of epoxide rings is 1. The van der Waals surface area contributed by atoms with Crippen molar-refractivity contribution in [3.8, 4) is 0 Å². The van der Waals surface area contributed by atoms with Crippen LogP contribution >= 0.6 is 11.8 Å². The van der Waals surface area contributed by atoms with Crippen molar-refractivity contribution >= 4 is 29.7 Å². The van der Waals surface area contributed by atoms with Crippen LogP contribution in [0, 0.1) is 5.92 Å². The molecular formula is C21H28O7S. The van der Waals surface area contributed by atoms with E-state index in [1.807, 2.05) is 6.92 Å². The fraction of sp³-hybridized carbons (Fsp3) is 0.667. The molecule has 2 fully saturated rings. The Labute approximate surface area is 174 Å². The van der Waals surface area contributed by atoms with E-state index in [0.29, 0.717) is 29.9 Å². The van der Waals surface area contributed by atoms with E-state index in [1.165, 1.54) is 11.8 Å². The molecule has 0 unspecified atom stereocenters. The van der Waals surface area contributed by atoms with Crippen molar-refractivity contribution in [1.82, 2.24) is 0 Å². The number of hydrogen-bond donors (Lipinski definition) is 1. The molecule has 8 heteroatoms. The lowest BCUT2D eigenvalue weighted by atomic mass is 9.84. The molecule has 2 aliphatic heterocycles. The van der Waals surface area contributed by atoms with Gasteiger partial charge >= 0.3 is 17.9 Å². The third-order valence-electron chi connectivity index (χ3n) is 5.77. The van der Waals surface area contributed by atoms with Crippen LogP contribution in [0.1, 0.15) is 45.4 Å². The van der Waals surface area contributed by atoms with E-state index < -0.39 is 5.97 Å². The van der Waals surface area contributed by atoms with E-state index in [9.17, 15) is 14.4 Å². The van der Waals surface area contributed by atoms with E-state index in [1.54, 1.807) is 0 Å². The van der Waals surface area contributed by atoms with E-state index >= 15 is 0 Å². The summed E-state index contributed by atoms with van der Waals surface area (Å²) in [5, 5.41) is 8.60. The number of thioether (sulfide) groups is 1. The number of esters is 2. The quantitative estimate of drug-likeness (QED) is 0.209. The smallest absolute Gasteiger partial charge is 0.334 e. The fourth-order valence-corrected chi connectivity index (χ4v) is 4.75. The lowest BCUT2D eigenvalue weighted by Gasteiger charge is -2.20. The van der Waals surface area contributed by atoms with Crippen molar-refractivity contribution in [2.45, 2.75) is 63.3 Å². The molecule has 3 aliphatic rings. The molecule has 1 aliphatic carbocycles. The maximum Gasteiger partial charge on any atom is 0.334 e. The Kier molecular flexibility index (Phi) is 7.05. The SMILES string of the molecule is C=C1C(=O)O[C@H]2[C@H]1CC/C(COC(=O)CCSCCC(=O)O)=C\CC[C@@]1(C)O[C@@H]21. The van der Waals surface area contributed by atoms with Crippen LogP contribution in [0.15, 0.2) is 23.8 Å². The molecule has 0 amide bonds. The minimum absolute atomic E-state index is 0.0675. The molecule has 3 rings (SSSR count). The number of aliphatic carboxylic acids is 1. The van der Waals surface area contributed by atoms with Crippen LogP contribution in [0.3, 0.4) is 0 Å². The zero-order valence-corrected chi connectivity index (χ0v) is 17.5. The maximum atomic E-state index is 12.0. The van der Waals surface area contributed by atoms with Gasteiger partial charge in [0.25, 0.3) is 0 Å². The van der Waals surface area contributed by atoms with Gasteiger partial charge in [-0.3, -0.25) is 9.59 Å². The Morgan fingerprint density at radius 3 is 2.90 bits per heavy atom. The van der Waals surface area contributed by atoms with Gasteiger partial charge in [-0.15, -0.1) is 0 Å². The molecule has 0 bridgehead atoms. The van der Waals surface area contributed by atoms with Gasteiger partial charge in [0, 0.05) is 23.0 Å². The molecule has 0 saturated carbocycles. The first-order chi connectivity index (χ1) is 13.8. The van der Waals surface area contributed by atoms with Crippen LogP contribution in [0.2, 0.25) is 0 Å². The van der Waals surface area contributed by atoms with Crippen molar-refractivity contribution < 1.29 is 33.7 Å². The normalized spacial score (nSPS) is 33.0. The Balaban J connectivity index is 1.49. The summed E-state index contributed by atoms with van der Waals surface area (Å²) < 4.78 is 16.8. The van der Waals surface area contributed by atoms with Crippen LogP contribution in [0.5, 0.6) is 0 Å². The summed E-state index contributed by atoms with van der Waals surface area (Å²) in [6.45, 7) is 6.18. The first kappa shape index (κ1) is 21.9. The minimum atomic E-state index is -0.834. The van der Waals surface area contributed by atoms with Gasteiger partial charge in [0.2, 0.25) is 0 Å². The molecule has 4 atom stereocenters. The number of hydrogen-bond acceptors (Lipinski definition) is 7. The van der Waals surface area contributed by atoms with Gasteiger partial charge in [-0.05, 0) is 38.2 Å². The van der Waals surface area contributed by atoms with E-state index in [-0.39, 0.29) is 55.1 Å². The summed E-state index contributed by atoms with van der Waals surface area (Å²) in [4.78, 5) is 34.4. The summed E-state index contributed by atoms with van der Waals surface area (Å²) in [6, 6.07) is 0. The second-order valence-electron chi connectivity index (χ2n) is 7.96. The van der Waals surface area contributed by atoms with Gasteiger partial charge in [-0.2, -0.15) is 11.8 Å². The summed E-state index contributed by atoms with van der Waals surface area (Å²) in [5.74, 6) is -0.496. The Bertz CT molecular complexity index is 716. The molecule has 2 heterocycles. The molecule has 1 N–H and O–H groups in total. The largest absolute Gasteiger partial charge is 0.481 e. The number of carbonyl (C=O) groups excluding carboxylic acids is 2. The van der Waals surface area contributed by atoms with Crippen molar-refractivity contribution in [1.29, 1.82) is 0 Å². The zero-order chi connectivity index (χ0) is 21.0. The number of fused-ring (bicyclic) bond motifs is 3. The molecule has 0 aromatic heterocycles. The highest BCUT2D eigenvalue weighted by Gasteiger charge is 2.61. The summed E-state index contributed by atoms with van der Waals surface area (Å²) >= 11 is 1.43. The van der Waals surface area contributed by atoms with Crippen molar-refractivity contribution in [2.75, 3.05) is 18.1 Å². The standard InChI is InChI=1S/C21H28O7S/c1-13-15-6-5-14(12-26-17(24)8-11-29-10-7-16(22)23)4-3-9-21(2)19(28-21)18(15)27-20(13)25/h4,15,18-19H,1,3,5-12H2,2H3,(H,22,23)/b14-4+/t15-,18-,19-,21+/m0/s1. The molecule has 0 aromatic rings. The van der Waals surface area contributed by atoms with E-state index in [0.717, 1.165) is 18.4 Å². The number of carboxylic acid groups (broad SMARTS) is 1. The zero-order valence-electron chi connectivity index (χ0n) is 16.7. The highest BCUT2D eigenvalue weighted by molar-refractivity contribution is 7.99. The van der Waals surface area contributed by atoms with Gasteiger partial charge in [-0.25, -0.2) is 4.79 Å². The number of rotatable bonds is 8. The highest BCUT2D eigenvalue weighted by Crippen LogP contribution is 2.49. The number of allylic oxidation sites excluding steroid dienone is 1. The van der Waals surface area contributed by atoms with Crippen LogP contribution in [-0.2, 0) is 28.6 Å². The Hall–Kier alpha value is -1.80. The predicted molar refractivity (Wildman–Crippen MR) is 107 cm³/mol. The van der Waals surface area contributed by atoms with Crippen molar-refractivity contribution in [3.05, 3.63) is 23.8 Å². The van der Waals surface area contributed by atoms with Gasteiger partial charge in [0.1, 0.15) is 18.8 Å². The molecule has 0 radical (unpaired) electrons. The van der Waals surface area contributed by atoms with Gasteiger partial charge in [0.05, 0.1) is 18.4 Å².